The second-order valence-corrected chi connectivity index (χ2v) is 11.8. The van der Waals surface area contributed by atoms with Gasteiger partial charge >= 0.3 is 0 Å². The Morgan fingerprint density at radius 3 is 2.54 bits per heavy atom. The number of likely N-dealkylation sites (tertiary alicyclic amines) is 1. The molecule has 2 aliphatic heterocycles. The summed E-state index contributed by atoms with van der Waals surface area (Å²) in [6.07, 6.45) is 9.93. The lowest BCUT2D eigenvalue weighted by atomic mass is 9.83. The molecule has 7 heteroatoms. The molecule has 2 amide bonds. The third-order valence-corrected chi connectivity index (χ3v) is 9.19. The Morgan fingerprint density at radius 2 is 1.83 bits per heavy atom. The molecule has 192 valence electrons. The Morgan fingerprint density at radius 1 is 1.09 bits per heavy atom. The van der Waals surface area contributed by atoms with Crippen LogP contribution in [0.2, 0.25) is 0 Å². The van der Waals surface area contributed by atoms with E-state index in [1.165, 1.54) is 16.9 Å². The lowest BCUT2D eigenvalue weighted by Crippen LogP contribution is -2.57. The number of allylic oxidation sites excluding steroid dienone is 1. The van der Waals surface area contributed by atoms with Crippen molar-refractivity contribution in [1.29, 1.82) is 0 Å². The number of thioether (sulfide) groups is 1. The molecule has 3 unspecified atom stereocenters. The number of carbonyl (C=O) groups is 2. The maximum atomic E-state index is 13.9. The summed E-state index contributed by atoms with van der Waals surface area (Å²) in [6.45, 7) is 5.59. The number of likely N-dealkylation sites (N-methyl/N-ethyl adjacent to an activating group) is 1. The average Bonchev–Trinajstić information content (AvgIpc) is 3.52. The molecule has 0 radical (unpaired) electrons. The van der Waals surface area contributed by atoms with Crippen molar-refractivity contribution in [3.63, 3.8) is 0 Å². The van der Waals surface area contributed by atoms with Crippen LogP contribution >= 0.6 is 11.8 Å². The molecule has 35 heavy (non-hydrogen) atoms. The van der Waals surface area contributed by atoms with E-state index in [-0.39, 0.29) is 35.2 Å². The van der Waals surface area contributed by atoms with E-state index in [1.54, 1.807) is 7.05 Å². The van der Waals surface area contributed by atoms with Gasteiger partial charge in [0.05, 0.1) is 11.4 Å². The summed E-state index contributed by atoms with van der Waals surface area (Å²) in [5, 5.41) is 10.2. The Balaban J connectivity index is 1.42. The lowest BCUT2D eigenvalue weighted by molar-refractivity contribution is -0.139. The zero-order chi connectivity index (χ0) is 24.8. The van der Waals surface area contributed by atoms with Crippen LogP contribution in [0.25, 0.3) is 0 Å². The maximum Gasteiger partial charge on any atom is 0.245 e. The smallest absolute Gasteiger partial charge is 0.245 e. The van der Waals surface area contributed by atoms with E-state index < -0.39 is 6.04 Å². The summed E-state index contributed by atoms with van der Waals surface area (Å²) < 4.78 is 0. The minimum atomic E-state index is -0.416. The summed E-state index contributed by atoms with van der Waals surface area (Å²) in [7, 11) is 1.78. The van der Waals surface area contributed by atoms with Crippen LogP contribution in [0.15, 0.2) is 41.3 Å². The van der Waals surface area contributed by atoms with Gasteiger partial charge in [-0.1, -0.05) is 55.7 Å². The second-order valence-electron chi connectivity index (χ2n) is 10.4. The number of nitrogens with one attached hydrogen (secondary N) is 3. The third kappa shape index (κ3) is 6.49. The van der Waals surface area contributed by atoms with Crippen LogP contribution in [0.5, 0.6) is 0 Å². The van der Waals surface area contributed by atoms with Gasteiger partial charge in [0.15, 0.2) is 0 Å². The number of carbonyl (C=O) groups excluding carboxylic acids is 2. The molecule has 6 nitrogen and oxygen atoms in total. The summed E-state index contributed by atoms with van der Waals surface area (Å²) >= 11 is 1.89. The van der Waals surface area contributed by atoms with Gasteiger partial charge in [-0.05, 0) is 63.0 Å². The quantitative estimate of drug-likeness (QED) is 0.480. The SMILES string of the molecule is CN[C@@H](C)C(=O)NC(C(=O)N1CCC[C@H]1CNC1SC(C)=CC1c1ccccc1)C1CCCCC1. The minimum absolute atomic E-state index is 0.0834. The first kappa shape index (κ1) is 26.2. The predicted molar refractivity (Wildman–Crippen MR) is 144 cm³/mol. The molecule has 5 atom stereocenters. The average molecular weight is 499 g/mol. The molecule has 4 rings (SSSR count). The van der Waals surface area contributed by atoms with Gasteiger partial charge < -0.3 is 20.9 Å². The van der Waals surface area contributed by atoms with Gasteiger partial charge in [0.2, 0.25) is 11.8 Å². The molecule has 1 saturated carbocycles. The lowest BCUT2D eigenvalue weighted by Gasteiger charge is -2.36. The van der Waals surface area contributed by atoms with Crippen molar-refractivity contribution in [3.05, 3.63) is 46.9 Å². The van der Waals surface area contributed by atoms with Crippen molar-refractivity contribution < 1.29 is 9.59 Å². The Kier molecular flexibility index (Phi) is 9.31. The molecule has 2 fully saturated rings. The highest BCUT2D eigenvalue weighted by Crippen LogP contribution is 2.40. The Labute approximate surface area is 215 Å². The molecule has 2 heterocycles. The first-order chi connectivity index (χ1) is 17.0. The van der Waals surface area contributed by atoms with Crippen LogP contribution in [0.1, 0.15) is 70.3 Å². The molecule has 3 N–H and O–H groups in total. The number of amides is 2. The molecule has 0 bridgehead atoms. The van der Waals surface area contributed by atoms with E-state index in [4.69, 9.17) is 0 Å². The number of hydrogen-bond donors (Lipinski definition) is 3. The topological polar surface area (TPSA) is 73.5 Å². The summed E-state index contributed by atoms with van der Waals surface area (Å²) in [6, 6.07) is 10.1. The van der Waals surface area contributed by atoms with Gasteiger partial charge in [-0.15, -0.1) is 11.8 Å². The first-order valence-corrected chi connectivity index (χ1v) is 14.3. The van der Waals surface area contributed by atoms with Gasteiger partial charge in [-0.2, -0.15) is 0 Å². The number of rotatable bonds is 9. The van der Waals surface area contributed by atoms with Gasteiger partial charge in [0, 0.05) is 25.0 Å². The van der Waals surface area contributed by atoms with Crippen LogP contribution in [-0.2, 0) is 9.59 Å². The maximum absolute atomic E-state index is 13.9. The first-order valence-electron chi connectivity index (χ1n) is 13.4. The zero-order valence-corrected chi connectivity index (χ0v) is 22.3. The van der Waals surface area contributed by atoms with Crippen LogP contribution in [0, 0.1) is 5.92 Å². The van der Waals surface area contributed by atoms with E-state index in [0.717, 1.165) is 51.6 Å². The molecular weight excluding hydrogens is 456 g/mol. The van der Waals surface area contributed by atoms with Crippen molar-refractivity contribution in [1.82, 2.24) is 20.9 Å². The second kappa shape index (κ2) is 12.4. The molecule has 1 saturated heterocycles. The predicted octanol–water partition coefficient (Wildman–Crippen LogP) is 4.00. The summed E-state index contributed by atoms with van der Waals surface area (Å²) in [4.78, 5) is 30.1. The summed E-state index contributed by atoms with van der Waals surface area (Å²) in [5.41, 5.74) is 1.33. The molecular formula is C28H42N4O2S. The van der Waals surface area contributed by atoms with E-state index in [1.807, 2.05) is 18.7 Å². The van der Waals surface area contributed by atoms with E-state index in [0.29, 0.717) is 5.92 Å². The van der Waals surface area contributed by atoms with E-state index in [9.17, 15) is 9.59 Å². The highest BCUT2D eigenvalue weighted by Gasteiger charge is 2.39. The fourth-order valence-corrected chi connectivity index (χ4v) is 6.98. The zero-order valence-electron chi connectivity index (χ0n) is 21.5. The van der Waals surface area contributed by atoms with Crippen LogP contribution in [-0.4, -0.2) is 60.4 Å². The molecule has 0 aromatic heterocycles. The normalized spacial score (nSPS) is 26.9. The van der Waals surface area contributed by atoms with Crippen molar-refractivity contribution in [2.24, 2.45) is 5.92 Å². The monoisotopic (exact) mass is 498 g/mol. The van der Waals surface area contributed by atoms with E-state index >= 15 is 0 Å². The van der Waals surface area contributed by atoms with Crippen LogP contribution < -0.4 is 16.0 Å². The number of nitrogens with zero attached hydrogens (tertiary/aromatic N) is 1. The fourth-order valence-electron chi connectivity index (χ4n) is 5.80. The van der Waals surface area contributed by atoms with Gasteiger partial charge in [0.1, 0.15) is 6.04 Å². The van der Waals surface area contributed by atoms with Gasteiger partial charge in [0.25, 0.3) is 0 Å². The van der Waals surface area contributed by atoms with Crippen molar-refractivity contribution in [3.8, 4) is 0 Å². The largest absolute Gasteiger partial charge is 0.343 e. The summed E-state index contributed by atoms with van der Waals surface area (Å²) in [5.74, 6) is 0.605. The molecule has 1 aromatic rings. The molecule has 1 aliphatic carbocycles. The Bertz CT molecular complexity index is 886. The highest BCUT2D eigenvalue weighted by molar-refractivity contribution is 8.03. The minimum Gasteiger partial charge on any atom is -0.343 e. The van der Waals surface area contributed by atoms with E-state index in [2.05, 4.69) is 64.2 Å². The van der Waals surface area contributed by atoms with Crippen molar-refractivity contribution >= 4 is 23.6 Å². The van der Waals surface area contributed by atoms with Crippen LogP contribution in [0.3, 0.4) is 0 Å². The number of hydrogen-bond acceptors (Lipinski definition) is 5. The van der Waals surface area contributed by atoms with Gasteiger partial charge in [-0.3, -0.25) is 9.59 Å². The highest BCUT2D eigenvalue weighted by atomic mass is 32.2. The Hall–Kier alpha value is -1.83. The molecule has 0 spiro atoms. The number of benzene rings is 1. The van der Waals surface area contributed by atoms with Crippen LogP contribution in [0.4, 0.5) is 0 Å². The van der Waals surface area contributed by atoms with Gasteiger partial charge in [-0.25, -0.2) is 0 Å². The standard InChI is InChI=1S/C28H42N4O2S/c1-19-17-24(21-11-6-4-7-12-21)27(35-19)30-18-23-15-10-16-32(23)28(34)25(22-13-8-5-9-14-22)31-26(33)20(2)29-3/h4,6-7,11-12,17,20,22-25,27,29-30H,5,8-10,13-16,18H2,1-3H3,(H,31,33)/t20-,23-,24?,25?,27?/m0/s1. The fraction of sp³-hybridized carbons (Fsp3) is 0.643. The molecule has 3 aliphatic rings. The van der Waals surface area contributed by atoms with Crippen molar-refractivity contribution in [2.75, 3.05) is 20.1 Å². The third-order valence-electron chi connectivity index (χ3n) is 7.96. The molecule has 1 aromatic carbocycles. The van der Waals surface area contributed by atoms with Crippen molar-refractivity contribution in [2.45, 2.75) is 88.2 Å².